The van der Waals surface area contributed by atoms with Gasteiger partial charge in [-0.1, -0.05) is 6.07 Å². The van der Waals surface area contributed by atoms with Crippen LogP contribution in [0.1, 0.15) is 5.69 Å². The predicted octanol–water partition coefficient (Wildman–Crippen LogP) is 2.33. The monoisotopic (exact) mass is 289 g/mol. The van der Waals surface area contributed by atoms with E-state index in [1.807, 2.05) is 0 Å². The second kappa shape index (κ2) is 6.28. The van der Waals surface area contributed by atoms with Gasteiger partial charge in [-0.3, -0.25) is 0 Å². The van der Waals surface area contributed by atoms with Crippen molar-refractivity contribution in [3.63, 3.8) is 0 Å². The van der Waals surface area contributed by atoms with E-state index < -0.39 is 11.9 Å². The molecule has 8 heteroatoms. The number of rotatable bonds is 2. The molecule has 2 heterocycles. The summed E-state index contributed by atoms with van der Waals surface area (Å²) in [4.78, 5) is 3.50. The van der Waals surface area contributed by atoms with Crippen molar-refractivity contribution in [1.82, 2.24) is 10.3 Å². The molecule has 0 saturated carbocycles. The fraction of sp³-hybridized carbons (Fsp3) is 0.444. The summed E-state index contributed by atoms with van der Waals surface area (Å²) in [6.07, 6.45) is -4.38. The van der Waals surface area contributed by atoms with Crippen LogP contribution in [-0.4, -0.2) is 24.1 Å². The van der Waals surface area contributed by atoms with Crippen molar-refractivity contribution in [3.05, 3.63) is 23.9 Å². The SMILES string of the molecule is Cl.Cl.FC(F)(F)c1cccc(NC2CNC2)n1. The molecule has 2 rings (SSSR count). The zero-order chi connectivity index (χ0) is 10.9. The van der Waals surface area contributed by atoms with E-state index in [2.05, 4.69) is 15.6 Å². The van der Waals surface area contributed by atoms with Gasteiger partial charge in [-0.15, -0.1) is 24.8 Å². The summed E-state index contributed by atoms with van der Waals surface area (Å²) in [6, 6.07) is 4.03. The minimum Gasteiger partial charge on any atom is -0.365 e. The molecule has 0 atom stereocenters. The molecule has 0 aromatic carbocycles. The molecule has 0 bridgehead atoms. The maximum atomic E-state index is 12.3. The van der Waals surface area contributed by atoms with Crippen molar-refractivity contribution in [2.75, 3.05) is 18.4 Å². The van der Waals surface area contributed by atoms with Crippen LogP contribution in [0.2, 0.25) is 0 Å². The standard InChI is InChI=1S/C9H10F3N3.2ClH/c10-9(11,12)7-2-1-3-8(15-7)14-6-4-13-5-6;;/h1-3,6,13H,4-5H2,(H,14,15);2*1H. The second-order valence-corrected chi connectivity index (χ2v) is 3.41. The Hall–Kier alpha value is -0.720. The van der Waals surface area contributed by atoms with E-state index in [1.54, 1.807) is 0 Å². The summed E-state index contributed by atoms with van der Waals surface area (Å²) in [5.41, 5.74) is -0.861. The van der Waals surface area contributed by atoms with Crippen LogP contribution < -0.4 is 10.6 Å². The minimum atomic E-state index is -4.38. The highest BCUT2D eigenvalue weighted by Crippen LogP contribution is 2.28. The first-order valence-electron chi connectivity index (χ1n) is 4.57. The lowest BCUT2D eigenvalue weighted by molar-refractivity contribution is -0.141. The lowest BCUT2D eigenvalue weighted by Gasteiger charge is -2.28. The highest BCUT2D eigenvalue weighted by Gasteiger charge is 2.32. The topological polar surface area (TPSA) is 37.0 Å². The summed E-state index contributed by atoms with van der Waals surface area (Å²) in [6.45, 7) is 1.52. The zero-order valence-electron chi connectivity index (χ0n) is 8.62. The van der Waals surface area contributed by atoms with Crippen LogP contribution >= 0.6 is 24.8 Å². The Morgan fingerprint density at radius 3 is 2.35 bits per heavy atom. The maximum Gasteiger partial charge on any atom is 0.433 e. The van der Waals surface area contributed by atoms with Crippen molar-refractivity contribution in [3.8, 4) is 0 Å². The first-order chi connectivity index (χ1) is 7.05. The molecule has 0 unspecified atom stereocenters. The molecule has 0 radical (unpaired) electrons. The first-order valence-corrected chi connectivity index (χ1v) is 4.57. The summed E-state index contributed by atoms with van der Waals surface area (Å²) in [5.74, 6) is 0.274. The van der Waals surface area contributed by atoms with Crippen LogP contribution in [-0.2, 0) is 6.18 Å². The van der Waals surface area contributed by atoms with Crippen LogP contribution in [0.3, 0.4) is 0 Å². The van der Waals surface area contributed by atoms with Crippen molar-refractivity contribution in [2.24, 2.45) is 0 Å². The van der Waals surface area contributed by atoms with Crippen molar-refractivity contribution < 1.29 is 13.2 Å². The van der Waals surface area contributed by atoms with Gasteiger partial charge in [0.1, 0.15) is 11.5 Å². The van der Waals surface area contributed by atoms with Gasteiger partial charge in [0.05, 0.1) is 6.04 Å². The minimum absolute atomic E-state index is 0. The lowest BCUT2D eigenvalue weighted by Crippen LogP contribution is -2.51. The van der Waals surface area contributed by atoms with Gasteiger partial charge in [0, 0.05) is 13.1 Å². The lowest BCUT2D eigenvalue weighted by atomic mass is 10.2. The molecule has 0 spiro atoms. The number of halogens is 5. The van der Waals surface area contributed by atoms with Crippen molar-refractivity contribution in [2.45, 2.75) is 12.2 Å². The van der Waals surface area contributed by atoms with E-state index in [0.717, 1.165) is 19.2 Å². The number of alkyl halides is 3. The quantitative estimate of drug-likeness (QED) is 0.877. The van der Waals surface area contributed by atoms with Gasteiger partial charge >= 0.3 is 6.18 Å². The van der Waals surface area contributed by atoms with Gasteiger partial charge in [-0.2, -0.15) is 13.2 Å². The van der Waals surface area contributed by atoms with Crippen LogP contribution in [0, 0.1) is 0 Å². The Labute approximate surface area is 109 Å². The highest BCUT2D eigenvalue weighted by molar-refractivity contribution is 5.85. The predicted molar refractivity (Wildman–Crippen MR) is 64.0 cm³/mol. The third-order valence-corrected chi connectivity index (χ3v) is 2.17. The summed E-state index contributed by atoms with van der Waals surface area (Å²) < 4.78 is 36.9. The molecule has 17 heavy (non-hydrogen) atoms. The van der Waals surface area contributed by atoms with Crippen molar-refractivity contribution >= 4 is 30.6 Å². The Kier molecular flexibility index (Phi) is 6.01. The van der Waals surface area contributed by atoms with E-state index >= 15 is 0 Å². The fourth-order valence-electron chi connectivity index (χ4n) is 1.27. The third-order valence-electron chi connectivity index (χ3n) is 2.17. The highest BCUT2D eigenvalue weighted by atomic mass is 35.5. The number of hydrogen-bond acceptors (Lipinski definition) is 3. The number of hydrogen-bond donors (Lipinski definition) is 2. The van der Waals surface area contributed by atoms with Crippen LogP contribution in [0.15, 0.2) is 18.2 Å². The van der Waals surface area contributed by atoms with Gasteiger partial charge in [0.25, 0.3) is 0 Å². The average molecular weight is 290 g/mol. The van der Waals surface area contributed by atoms with E-state index in [0.29, 0.717) is 0 Å². The third kappa shape index (κ3) is 4.22. The molecular weight excluding hydrogens is 278 g/mol. The van der Waals surface area contributed by atoms with Gasteiger partial charge in [0.2, 0.25) is 0 Å². The Morgan fingerprint density at radius 1 is 1.24 bits per heavy atom. The number of nitrogens with zero attached hydrogens (tertiary/aromatic N) is 1. The van der Waals surface area contributed by atoms with E-state index in [-0.39, 0.29) is 36.7 Å². The normalized spacial score (nSPS) is 15.2. The number of pyridine rings is 1. The summed E-state index contributed by atoms with van der Waals surface area (Å²) >= 11 is 0. The van der Waals surface area contributed by atoms with Gasteiger partial charge in [-0.05, 0) is 12.1 Å². The molecule has 1 aliphatic heterocycles. The molecule has 1 fully saturated rings. The largest absolute Gasteiger partial charge is 0.433 e. The second-order valence-electron chi connectivity index (χ2n) is 3.41. The molecular formula is C9H12Cl2F3N3. The van der Waals surface area contributed by atoms with Gasteiger partial charge in [0.15, 0.2) is 0 Å². The molecule has 2 N–H and O–H groups in total. The fourth-order valence-corrected chi connectivity index (χ4v) is 1.27. The number of anilines is 1. The van der Waals surface area contributed by atoms with E-state index in [1.165, 1.54) is 12.1 Å². The Bertz CT molecular complexity index is 356. The molecule has 98 valence electrons. The zero-order valence-corrected chi connectivity index (χ0v) is 10.3. The number of aromatic nitrogens is 1. The Morgan fingerprint density at radius 2 is 1.88 bits per heavy atom. The van der Waals surface area contributed by atoms with Gasteiger partial charge < -0.3 is 10.6 Å². The maximum absolute atomic E-state index is 12.3. The van der Waals surface area contributed by atoms with Crippen LogP contribution in [0.5, 0.6) is 0 Å². The van der Waals surface area contributed by atoms with Crippen molar-refractivity contribution in [1.29, 1.82) is 0 Å². The number of nitrogens with one attached hydrogen (secondary N) is 2. The molecule has 1 aromatic rings. The smallest absolute Gasteiger partial charge is 0.365 e. The van der Waals surface area contributed by atoms with E-state index in [4.69, 9.17) is 0 Å². The molecule has 1 saturated heterocycles. The summed E-state index contributed by atoms with van der Waals surface area (Å²) in [5, 5.41) is 5.93. The Balaban J connectivity index is 0.00000128. The van der Waals surface area contributed by atoms with Gasteiger partial charge in [-0.25, -0.2) is 4.98 Å². The average Bonchev–Trinajstić information content (AvgIpc) is 2.11. The first kappa shape index (κ1) is 16.3. The summed E-state index contributed by atoms with van der Waals surface area (Å²) in [7, 11) is 0. The molecule has 0 amide bonds. The van der Waals surface area contributed by atoms with E-state index in [9.17, 15) is 13.2 Å². The molecule has 0 aliphatic carbocycles. The molecule has 3 nitrogen and oxygen atoms in total. The van der Waals surface area contributed by atoms with Crippen LogP contribution in [0.4, 0.5) is 19.0 Å². The molecule has 1 aromatic heterocycles. The van der Waals surface area contributed by atoms with Crippen LogP contribution in [0.25, 0.3) is 0 Å². The molecule has 1 aliphatic rings.